The molecule has 4 aromatic rings. The molecule has 5 rings (SSSR count). The molecule has 9 nitrogen and oxygen atoms in total. The predicted molar refractivity (Wildman–Crippen MR) is 151 cm³/mol. The van der Waals surface area contributed by atoms with Crippen LogP contribution in [0.2, 0.25) is 5.02 Å². The van der Waals surface area contributed by atoms with E-state index in [2.05, 4.69) is 0 Å². The molecule has 3 aromatic carbocycles. The van der Waals surface area contributed by atoms with E-state index in [0.29, 0.717) is 33.0 Å². The first-order valence-electron chi connectivity index (χ1n) is 12.2. The first-order valence-corrected chi connectivity index (χ1v) is 12.6. The quantitative estimate of drug-likeness (QED) is 0.225. The van der Waals surface area contributed by atoms with Crippen molar-refractivity contribution >= 4 is 51.6 Å². The number of fused-ring (bicyclic) bond motifs is 1. The number of Topliss-reactive ketones (excluding diaryl/α,β-unsaturated/α-hetero) is 1. The van der Waals surface area contributed by atoms with Crippen molar-refractivity contribution in [2.75, 3.05) is 38.1 Å². The number of aliphatic hydroxyl groups is 1. The lowest BCUT2D eigenvalue weighted by Gasteiger charge is -2.27. The number of hydrogen-bond donors (Lipinski definition) is 1. The number of aliphatic hydroxyl groups excluding tert-OH is 1. The molecule has 1 N–H and O–H groups in total. The number of ether oxygens (including phenoxy) is 2. The van der Waals surface area contributed by atoms with Gasteiger partial charge in [-0.25, -0.2) is 4.79 Å². The second-order valence-corrected chi connectivity index (χ2v) is 9.77. The Morgan fingerprint density at radius 1 is 1.02 bits per heavy atom. The lowest BCUT2D eigenvalue weighted by Crippen LogP contribution is -2.31. The van der Waals surface area contributed by atoms with Gasteiger partial charge in [0.15, 0.2) is 22.9 Å². The standard InChI is InChI=1S/C30H25ClN2O7/c1-32(2)20-10-8-16(9-11-20)25-24(26(34)22-14-18-12-19(31)15-23(38-3)28(18)40-22)27(35)29(36)33(25)21-7-5-6-17(13-21)30(37)39-4/h5-15,25,35H,1-4H3. The van der Waals surface area contributed by atoms with E-state index in [0.717, 1.165) is 5.69 Å². The zero-order valence-electron chi connectivity index (χ0n) is 22.1. The zero-order valence-corrected chi connectivity index (χ0v) is 22.9. The highest BCUT2D eigenvalue weighted by Crippen LogP contribution is 2.43. The number of ketones is 1. The van der Waals surface area contributed by atoms with Crippen LogP contribution in [0.4, 0.5) is 11.4 Å². The van der Waals surface area contributed by atoms with Gasteiger partial charge in [-0.15, -0.1) is 0 Å². The van der Waals surface area contributed by atoms with Crippen molar-refractivity contribution in [1.82, 2.24) is 0 Å². The number of furan rings is 1. The van der Waals surface area contributed by atoms with Crippen LogP contribution in [0.3, 0.4) is 0 Å². The van der Waals surface area contributed by atoms with Crippen LogP contribution in [-0.2, 0) is 9.53 Å². The lowest BCUT2D eigenvalue weighted by molar-refractivity contribution is -0.117. The van der Waals surface area contributed by atoms with Gasteiger partial charge in [-0.2, -0.15) is 0 Å². The maximum atomic E-state index is 14.0. The summed E-state index contributed by atoms with van der Waals surface area (Å²) in [6.45, 7) is 0. The number of carbonyl (C=O) groups is 3. The Labute approximate surface area is 234 Å². The van der Waals surface area contributed by atoms with E-state index >= 15 is 0 Å². The molecule has 204 valence electrons. The van der Waals surface area contributed by atoms with Gasteiger partial charge in [0.2, 0.25) is 5.78 Å². The minimum absolute atomic E-state index is 0.106. The molecular formula is C30H25ClN2O7. The average molecular weight is 561 g/mol. The van der Waals surface area contributed by atoms with E-state index in [1.165, 1.54) is 31.3 Å². The molecule has 1 amide bonds. The molecule has 1 aromatic heterocycles. The molecular weight excluding hydrogens is 536 g/mol. The first-order chi connectivity index (χ1) is 19.1. The smallest absolute Gasteiger partial charge is 0.337 e. The molecule has 0 fully saturated rings. The maximum Gasteiger partial charge on any atom is 0.337 e. The number of methoxy groups -OCH3 is 2. The van der Waals surface area contributed by atoms with Gasteiger partial charge in [0.05, 0.1) is 31.4 Å². The highest BCUT2D eigenvalue weighted by atomic mass is 35.5. The van der Waals surface area contributed by atoms with Gasteiger partial charge in [0.25, 0.3) is 5.91 Å². The molecule has 0 spiro atoms. The summed E-state index contributed by atoms with van der Waals surface area (Å²) < 4.78 is 16.0. The van der Waals surface area contributed by atoms with Crippen molar-refractivity contribution in [2.45, 2.75) is 6.04 Å². The summed E-state index contributed by atoms with van der Waals surface area (Å²) in [4.78, 5) is 42.9. The summed E-state index contributed by atoms with van der Waals surface area (Å²) in [6, 6.07) is 17.1. The predicted octanol–water partition coefficient (Wildman–Crippen LogP) is 5.73. The van der Waals surface area contributed by atoms with Crippen LogP contribution >= 0.6 is 11.6 Å². The van der Waals surface area contributed by atoms with E-state index in [1.807, 2.05) is 31.1 Å². The van der Waals surface area contributed by atoms with Crippen LogP contribution in [0.25, 0.3) is 11.0 Å². The van der Waals surface area contributed by atoms with Gasteiger partial charge in [0, 0.05) is 41.9 Å². The molecule has 0 saturated carbocycles. The fourth-order valence-electron chi connectivity index (χ4n) is 4.76. The molecule has 1 unspecified atom stereocenters. The third kappa shape index (κ3) is 4.54. The van der Waals surface area contributed by atoms with Crippen molar-refractivity contribution < 1.29 is 33.4 Å². The van der Waals surface area contributed by atoms with E-state index in [9.17, 15) is 19.5 Å². The summed E-state index contributed by atoms with van der Waals surface area (Å²) in [5.41, 5.74) is 2.09. The van der Waals surface area contributed by atoms with Gasteiger partial charge in [-0.05, 0) is 48.0 Å². The molecule has 0 bridgehead atoms. The second kappa shape index (κ2) is 10.4. The summed E-state index contributed by atoms with van der Waals surface area (Å²) in [5, 5.41) is 12.0. The molecule has 10 heteroatoms. The molecule has 0 radical (unpaired) electrons. The number of nitrogens with zero attached hydrogens (tertiary/aromatic N) is 2. The van der Waals surface area contributed by atoms with Crippen molar-refractivity contribution in [2.24, 2.45) is 0 Å². The summed E-state index contributed by atoms with van der Waals surface area (Å²) in [7, 11) is 6.49. The van der Waals surface area contributed by atoms with Crippen LogP contribution in [0.5, 0.6) is 5.75 Å². The monoisotopic (exact) mass is 560 g/mol. The van der Waals surface area contributed by atoms with Crippen molar-refractivity contribution in [1.29, 1.82) is 0 Å². The van der Waals surface area contributed by atoms with Gasteiger partial charge in [-0.1, -0.05) is 29.8 Å². The Kier molecular flexibility index (Phi) is 6.99. The molecule has 0 aliphatic carbocycles. The average Bonchev–Trinajstić information content (AvgIpc) is 3.50. The van der Waals surface area contributed by atoms with Crippen molar-refractivity contribution in [3.05, 3.63) is 100.0 Å². The highest BCUT2D eigenvalue weighted by molar-refractivity contribution is 6.31. The lowest BCUT2D eigenvalue weighted by atomic mass is 9.94. The third-order valence-electron chi connectivity index (χ3n) is 6.71. The van der Waals surface area contributed by atoms with Crippen LogP contribution < -0.4 is 14.5 Å². The normalized spacial score (nSPS) is 15.1. The molecule has 0 saturated heterocycles. The first kappa shape index (κ1) is 26.8. The SMILES string of the molecule is COC(=O)c1cccc(N2C(=O)C(O)=C(C(=O)c3cc4cc(Cl)cc(OC)c4o3)C2c2ccc(N(C)C)cc2)c1. The van der Waals surface area contributed by atoms with Crippen LogP contribution in [0, 0.1) is 0 Å². The minimum Gasteiger partial charge on any atom is -0.503 e. The third-order valence-corrected chi connectivity index (χ3v) is 6.93. The van der Waals surface area contributed by atoms with E-state index in [4.69, 9.17) is 25.5 Å². The van der Waals surface area contributed by atoms with Gasteiger partial charge < -0.3 is 23.9 Å². The number of halogens is 1. The van der Waals surface area contributed by atoms with Gasteiger partial charge >= 0.3 is 5.97 Å². The Morgan fingerprint density at radius 3 is 2.40 bits per heavy atom. The number of benzene rings is 3. The van der Waals surface area contributed by atoms with E-state index < -0.39 is 29.5 Å². The number of rotatable bonds is 7. The number of amides is 1. The Bertz CT molecular complexity index is 1690. The molecule has 1 aliphatic heterocycles. The molecule has 1 aliphatic rings. The Hall–Kier alpha value is -4.76. The number of anilines is 2. The minimum atomic E-state index is -1.03. The van der Waals surface area contributed by atoms with Crippen LogP contribution in [0.1, 0.15) is 32.5 Å². The number of carbonyl (C=O) groups excluding carboxylic acids is 3. The highest BCUT2D eigenvalue weighted by Gasteiger charge is 2.45. The topological polar surface area (TPSA) is 110 Å². The van der Waals surface area contributed by atoms with Gasteiger partial charge in [-0.3, -0.25) is 14.5 Å². The fraction of sp³-hybridized carbons (Fsp3) is 0.167. The largest absolute Gasteiger partial charge is 0.503 e. The molecule has 2 heterocycles. The Balaban J connectivity index is 1.66. The maximum absolute atomic E-state index is 14.0. The van der Waals surface area contributed by atoms with Crippen LogP contribution in [-0.4, -0.2) is 51.1 Å². The summed E-state index contributed by atoms with van der Waals surface area (Å²) in [6.07, 6.45) is 0. The molecule has 1 atom stereocenters. The van der Waals surface area contributed by atoms with Gasteiger partial charge in [0.1, 0.15) is 0 Å². The summed E-state index contributed by atoms with van der Waals surface area (Å²) >= 11 is 6.19. The number of esters is 1. The van der Waals surface area contributed by atoms with Crippen molar-refractivity contribution in [3.8, 4) is 5.75 Å². The fourth-order valence-corrected chi connectivity index (χ4v) is 4.97. The van der Waals surface area contributed by atoms with Crippen molar-refractivity contribution in [3.63, 3.8) is 0 Å². The van der Waals surface area contributed by atoms with E-state index in [1.54, 1.807) is 42.5 Å². The molecule has 40 heavy (non-hydrogen) atoms. The number of hydrogen-bond acceptors (Lipinski definition) is 8. The van der Waals surface area contributed by atoms with Crippen LogP contribution in [0.15, 0.2) is 82.5 Å². The van der Waals surface area contributed by atoms with E-state index in [-0.39, 0.29) is 16.9 Å². The zero-order chi connectivity index (χ0) is 28.7. The summed E-state index contributed by atoms with van der Waals surface area (Å²) in [5.74, 6) is -2.58. The Morgan fingerprint density at radius 2 is 1.75 bits per heavy atom. The second-order valence-electron chi connectivity index (χ2n) is 9.33.